The van der Waals surface area contributed by atoms with Gasteiger partial charge in [0.15, 0.2) is 0 Å². The van der Waals surface area contributed by atoms with E-state index in [-0.39, 0.29) is 0 Å². The lowest BCUT2D eigenvalue weighted by Gasteiger charge is -2.01. The molecule has 0 saturated heterocycles. The summed E-state index contributed by atoms with van der Waals surface area (Å²) in [7, 11) is 0. The first-order chi connectivity index (χ1) is 12.4. The number of nitrogens with one attached hydrogen (secondary N) is 1. The highest BCUT2D eigenvalue weighted by atomic mass is 32.1. The van der Waals surface area contributed by atoms with E-state index in [9.17, 15) is 0 Å². The maximum Gasteiger partial charge on any atom is 0.0361 e. The van der Waals surface area contributed by atoms with Crippen LogP contribution in [-0.2, 0) is 13.1 Å². The molecule has 0 unspecified atom stereocenters. The number of pyridine rings is 2. The van der Waals surface area contributed by atoms with Gasteiger partial charge in [-0.1, -0.05) is 12.1 Å². The Morgan fingerprint density at radius 1 is 0.680 bits per heavy atom. The van der Waals surface area contributed by atoms with Crippen LogP contribution in [0.1, 0.15) is 9.75 Å². The van der Waals surface area contributed by atoms with Gasteiger partial charge in [-0.2, -0.15) is 0 Å². The quantitative estimate of drug-likeness (QED) is 0.510. The molecule has 25 heavy (non-hydrogen) atoms. The van der Waals surface area contributed by atoms with E-state index in [1.54, 1.807) is 12.4 Å². The van der Waals surface area contributed by atoms with E-state index in [2.05, 4.69) is 51.7 Å². The molecule has 4 heterocycles. The van der Waals surface area contributed by atoms with Crippen LogP contribution in [0.4, 0.5) is 0 Å². The molecule has 0 spiro atoms. The zero-order valence-corrected chi connectivity index (χ0v) is 15.2. The Morgan fingerprint density at radius 2 is 1.20 bits per heavy atom. The van der Waals surface area contributed by atoms with Gasteiger partial charge in [-0.15, -0.1) is 22.7 Å². The largest absolute Gasteiger partial charge is 0.307 e. The summed E-state index contributed by atoms with van der Waals surface area (Å²) < 4.78 is 0. The van der Waals surface area contributed by atoms with Gasteiger partial charge >= 0.3 is 0 Å². The maximum absolute atomic E-state index is 4.19. The third kappa shape index (κ3) is 4.02. The molecule has 5 heteroatoms. The summed E-state index contributed by atoms with van der Waals surface area (Å²) in [6, 6.07) is 16.9. The summed E-state index contributed by atoms with van der Waals surface area (Å²) in [5.74, 6) is 0. The molecule has 1 N–H and O–H groups in total. The molecular formula is C20H17N3S2. The van der Waals surface area contributed by atoms with Crippen molar-refractivity contribution in [2.45, 2.75) is 13.1 Å². The molecule has 0 atom stereocenters. The molecule has 0 fully saturated rings. The van der Waals surface area contributed by atoms with Gasteiger partial charge in [0.25, 0.3) is 0 Å². The van der Waals surface area contributed by atoms with E-state index in [4.69, 9.17) is 0 Å². The molecule has 4 aromatic rings. The second-order valence-electron chi connectivity index (χ2n) is 5.62. The van der Waals surface area contributed by atoms with Crippen molar-refractivity contribution in [2.24, 2.45) is 0 Å². The number of hydrogen-bond acceptors (Lipinski definition) is 5. The Labute approximate surface area is 155 Å². The molecule has 0 aliphatic heterocycles. The van der Waals surface area contributed by atoms with Gasteiger partial charge in [-0.25, -0.2) is 0 Å². The highest BCUT2D eigenvalue weighted by Crippen LogP contribution is 2.29. The molecule has 0 aliphatic carbocycles. The van der Waals surface area contributed by atoms with Crippen molar-refractivity contribution in [1.29, 1.82) is 0 Å². The van der Waals surface area contributed by atoms with E-state index in [1.807, 2.05) is 47.2 Å². The minimum Gasteiger partial charge on any atom is -0.307 e. The number of nitrogens with zero attached hydrogens (tertiary/aromatic N) is 2. The molecule has 4 aromatic heterocycles. The van der Waals surface area contributed by atoms with Crippen LogP contribution in [0.2, 0.25) is 0 Å². The lowest BCUT2D eigenvalue weighted by atomic mass is 10.2. The highest BCUT2D eigenvalue weighted by molar-refractivity contribution is 7.15. The molecular weight excluding hydrogens is 346 g/mol. The van der Waals surface area contributed by atoms with Crippen molar-refractivity contribution in [2.75, 3.05) is 0 Å². The summed E-state index contributed by atoms with van der Waals surface area (Å²) in [6.45, 7) is 1.76. The van der Waals surface area contributed by atoms with Gasteiger partial charge in [0.2, 0.25) is 0 Å². The fourth-order valence-corrected chi connectivity index (χ4v) is 4.52. The normalized spacial score (nSPS) is 10.9. The summed E-state index contributed by atoms with van der Waals surface area (Å²) in [6.07, 6.45) is 7.43. The van der Waals surface area contributed by atoms with E-state index < -0.39 is 0 Å². The van der Waals surface area contributed by atoms with Crippen LogP contribution in [0.15, 0.2) is 73.3 Å². The number of rotatable bonds is 6. The van der Waals surface area contributed by atoms with Gasteiger partial charge in [0.05, 0.1) is 0 Å². The third-order valence-electron chi connectivity index (χ3n) is 3.81. The van der Waals surface area contributed by atoms with E-state index in [0.29, 0.717) is 0 Å². The van der Waals surface area contributed by atoms with Crippen LogP contribution >= 0.6 is 22.7 Å². The number of thiophene rings is 2. The zero-order valence-electron chi connectivity index (χ0n) is 13.6. The molecule has 3 nitrogen and oxygen atoms in total. The fourth-order valence-electron chi connectivity index (χ4n) is 2.58. The second-order valence-corrected chi connectivity index (χ2v) is 7.96. The predicted octanol–water partition coefficient (Wildman–Crippen LogP) is 5.22. The Morgan fingerprint density at radius 3 is 1.64 bits per heavy atom. The topological polar surface area (TPSA) is 37.8 Å². The van der Waals surface area contributed by atoms with Crippen molar-refractivity contribution < 1.29 is 0 Å². The van der Waals surface area contributed by atoms with E-state index in [1.165, 1.54) is 30.6 Å². The summed E-state index contributed by atoms with van der Waals surface area (Å²) in [4.78, 5) is 13.6. The summed E-state index contributed by atoms with van der Waals surface area (Å²) in [5, 5.41) is 3.54. The number of aromatic nitrogens is 2. The maximum atomic E-state index is 4.19. The molecule has 0 bridgehead atoms. The molecule has 0 aromatic carbocycles. The predicted molar refractivity (Wildman–Crippen MR) is 106 cm³/mol. The third-order valence-corrected chi connectivity index (χ3v) is 6.08. The van der Waals surface area contributed by atoms with Gasteiger partial charge in [0, 0.05) is 68.5 Å². The molecule has 0 radical (unpaired) electrons. The minimum absolute atomic E-state index is 0.880. The summed E-state index contributed by atoms with van der Waals surface area (Å²) >= 11 is 3.63. The smallest absolute Gasteiger partial charge is 0.0361 e. The highest BCUT2D eigenvalue weighted by Gasteiger charge is 2.05. The van der Waals surface area contributed by atoms with Crippen molar-refractivity contribution in [3.63, 3.8) is 0 Å². The first kappa shape index (κ1) is 16.1. The van der Waals surface area contributed by atoms with Crippen LogP contribution in [0.3, 0.4) is 0 Å². The van der Waals surface area contributed by atoms with Crippen LogP contribution in [0.5, 0.6) is 0 Å². The first-order valence-corrected chi connectivity index (χ1v) is 9.71. The van der Waals surface area contributed by atoms with Crippen molar-refractivity contribution in [1.82, 2.24) is 15.3 Å². The van der Waals surface area contributed by atoms with Crippen LogP contribution < -0.4 is 5.32 Å². The standard InChI is InChI=1S/C20H17N3S2/c1-3-15(11-21-9-1)19-7-5-17(24-19)13-23-14-18-6-8-20(25-18)16-4-2-10-22-12-16/h1-12,23H,13-14H2. The summed E-state index contributed by atoms with van der Waals surface area (Å²) in [5.41, 5.74) is 2.36. The average Bonchev–Trinajstić information content (AvgIpc) is 3.33. The monoisotopic (exact) mass is 363 g/mol. The fraction of sp³-hybridized carbons (Fsp3) is 0.100. The number of hydrogen-bond donors (Lipinski definition) is 1. The molecule has 0 saturated carbocycles. The van der Waals surface area contributed by atoms with Gasteiger partial charge in [-0.05, 0) is 36.4 Å². The first-order valence-electron chi connectivity index (χ1n) is 8.07. The second kappa shape index (κ2) is 7.70. The Bertz CT molecular complexity index is 852. The SMILES string of the molecule is c1cncc(-c2ccc(CNCc3ccc(-c4cccnc4)s3)s2)c1. The zero-order chi connectivity index (χ0) is 16.9. The van der Waals surface area contributed by atoms with Crippen molar-refractivity contribution >= 4 is 22.7 Å². The van der Waals surface area contributed by atoms with Crippen LogP contribution in [-0.4, -0.2) is 9.97 Å². The lowest BCUT2D eigenvalue weighted by Crippen LogP contribution is -2.10. The van der Waals surface area contributed by atoms with Crippen molar-refractivity contribution in [3.8, 4) is 20.9 Å². The molecule has 0 aliphatic rings. The Hall–Kier alpha value is -2.34. The average molecular weight is 364 g/mol. The van der Waals surface area contributed by atoms with Gasteiger partial charge in [0.1, 0.15) is 0 Å². The van der Waals surface area contributed by atoms with Crippen LogP contribution in [0, 0.1) is 0 Å². The van der Waals surface area contributed by atoms with Crippen molar-refractivity contribution in [3.05, 3.63) is 83.1 Å². The van der Waals surface area contributed by atoms with Crippen LogP contribution in [0.25, 0.3) is 20.9 Å². The lowest BCUT2D eigenvalue weighted by molar-refractivity contribution is 0.709. The Balaban J connectivity index is 1.34. The van der Waals surface area contributed by atoms with Gasteiger partial charge < -0.3 is 5.32 Å². The molecule has 0 amide bonds. The molecule has 4 rings (SSSR count). The van der Waals surface area contributed by atoms with Gasteiger partial charge in [-0.3, -0.25) is 9.97 Å². The molecule has 124 valence electrons. The Kier molecular flexibility index (Phi) is 4.97. The van der Waals surface area contributed by atoms with E-state index >= 15 is 0 Å². The van der Waals surface area contributed by atoms with E-state index in [0.717, 1.165) is 13.1 Å². The minimum atomic E-state index is 0.880.